The highest BCUT2D eigenvalue weighted by molar-refractivity contribution is 5.16. The molecule has 0 spiro atoms. The van der Waals surface area contributed by atoms with Gasteiger partial charge in [-0.2, -0.15) is 4.98 Å². The van der Waals surface area contributed by atoms with E-state index in [1.165, 1.54) is 38.5 Å². The lowest BCUT2D eigenvalue weighted by molar-refractivity contribution is -0.0103. The van der Waals surface area contributed by atoms with Crippen LogP contribution in [0.15, 0.2) is 4.52 Å². The second-order valence-corrected chi connectivity index (χ2v) is 7.94. The predicted octanol–water partition coefficient (Wildman–Crippen LogP) is 2.30. The molecule has 4 saturated carbocycles. The van der Waals surface area contributed by atoms with E-state index in [4.69, 9.17) is 9.51 Å². The van der Waals surface area contributed by atoms with Gasteiger partial charge >= 0.3 is 0 Å². The van der Waals surface area contributed by atoms with Gasteiger partial charge in [0.05, 0.1) is 0 Å². The zero-order valence-electron chi connectivity index (χ0n) is 12.0. The summed E-state index contributed by atoms with van der Waals surface area (Å²) in [7, 11) is 0. The van der Waals surface area contributed by atoms with Gasteiger partial charge in [-0.25, -0.2) is 0 Å². The van der Waals surface area contributed by atoms with E-state index in [0.29, 0.717) is 5.92 Å². The molecule has 4 nitrogen and oxygen atoms in total. The lowest BCUT2D eigenvalue weighted by atomic mass is 9.49. The minimum atomic E-state index is 0.286. The molecule has 108 valence electrons. The minimum absolute atomic E-state index is 0.286. The highest BCUT2D eigenvalue weighted by atomic mass is 16.5. The van der Waals surface area contributed by atoms with Crippen molar-refractivity contribution in [3.8, 4) is 0 Å². The van der Waals surface area contributed by atoms with E-state index < -0.39 is 0 Å². The first kappa shape index (κ1) is 11.7. The topological polar surface area (TPSA) is 51.0 Å². The first-order valence-corrected chi connectivity index (χ1v) is 8.33. The third-order valence-corrected chi connectivity index (χ3v) is 6.31. The van der Waals surface area contributed by atoms with Crippen molar-refractivity contribution in [2.75, 3.05) is 13.1 Å². The van der Waals surface area contributed by atoms with Crippen molar-refractivity contribution < 1.29 is 4.52 Å². The highest BCUT2D eigenvalue weighted by Gasteiger charge is 2.53. The molecule has 20 heavy (non-hydrogen) atoms. The minimum Gasteiger partial charge on any atom is -0.339 e. The maximum absolute atomic E-state index is 5.57. The normalized spacial score (nSPS) is 42.9. The van der Waals surface area contributed by atoms with Crippen molar-refractivity contribution in [1.29, 1.82) is 0 Å². The average molecular weight is 273 g/mol. The van der Waals surface area contributed by atoms with Crippen molar-refractivity contribution in [1.82, 2.24) is 15.5 Å². The van der Waals surface area contributed by atoms with Crippen LogP contribution in [0.5, 0.6) is 0 Å². The van der Waals surface area contributed by atoms with Gasteiger partial charge in [0.1, 0.15) is 0 Å². The van der Waals surface area contributed by atoms with Gasteiger partial charge in [-0.15, -0.1) is 0 Å². The SMILES string of the molecule is C1NCC1Cc1nc(C23CC4CC(CC(C4)C2)C3)no1. The second kappa shape index (κ2) is 4.06. The third kappa shape index (κ3) is 1.70. The average Bonchev–Trinajstić information content (AvgIpc) is 2.81. The van der Waals surface area contributed by atoms with E-state index in [-0.39, 0.29) is 5.41 Å². The van der Waals surface area contributed by atoms with Crippen LogP contribution in [0.2, 0.25) is 0 Å². The molecule has 0 aromatic carbocycles. The summed E-state index contributed by atoms with van der Waals surface area (Å²) in [5.41, 5.74) is 0.286. The zero-order valence-corrected chi connectivity index (χ0v) is 12.0. The van der Waals surface area contributed by atoms with E-state index in [9.17, 15) is 0 Å². The van der Waals surface area contributed by atoms with E-state index >= 15 is 0 Å². The molecule has 4 aliphatic carbocycles. The maximum Gasteiger partial charge on any atom is 0.227 e. The molecule has 2 heterocycles. The molecule has 1 aromatic rings. The predicted molar refractivity (Wildman–Crippen MR) is 74.2 cm³/mol. The Balaban J connectivity index is 1.41. The van der Waals surface area contributed by atoms with Crippen molar-refractivity contribution in [3.63, 3.8) is 0 Å². The molecule has 0 amide bonds. The maximum atomic E-state index is 5.57. The van der Waals surface area contributed by atoms with Gasteiger partial charge < -0.3 is 9.84 Å². The Morgan fingerprint density at radius 1 is 1.05 bits per heavy atom. The van der Waals surface area contributed by atoms with Crippen LogP contribution < -0.4 is 5.32 Å². The number of rotatable bonds is 3. The fourth-order valence-corrected chi connectivity index (χ4v) is 5.68. The number of hydrogen-bond donors (Lipinski definition) is 1. The largest absolute Gasteiger partial charge is 0.339 e. The number of nitrogens with zero attached hydrogens (tertiary/aromatic N) is 2. The molecule has 5 aliphatic rings. The molecule has 1 N–H and O–H groups in total. The fraction of sp³-hybridized carbons (Fsp3) is 0.875. The molecule has 1 saturated heterocycles. The summed E-state index contributed by atoms with van der Waals surface area (Å²) in [5, 5.41) is 7.72. The first-order valence-electron chi connectivity index (χ1n) is 8.33. The number of hydrogen-bond acceptors (Lipinski definition) is 4. The van der Waals surface area contributed by atoms with Gasteiger partial charge in [0, 0.05) is 11.8 Å². The molecule has 0 unspecified atom stereocenters. The monoisotopic (exact) mass is 273 g/mol. The lowest BCUT2D eigenvalue weighted by Gasteiger charge is -2.55. The van der Waals surface area contributed by atoms with Crippen molar-refractivity contribution >= 4 is 0 Å². The molecule has 4 heteroatoms. The van der Waals surface area contributed by atoms with Crippen LogP contribution >= 0.6 is 0 Å². The van der Waals surface area contributed by atoms with Crippen molar-refractivity contribution in [2.45, 2.75) is 50.4 Å². The standard InChI is InChI=1S/C16H23N3O/c1-10-2-12-3-11(1)6-16(5-10,7-12)15-18-14(20-19-15)4-13-8-17-9-13/h10-13,17H,1-9H2. The Morgan fingerprint density at radius 3 is 2.25 bits per heavy atom. The van der Waals surface area contributed by atoms with Gasteiger partial charge in [-0.3, -0.25) is 0 Å². The Kier molecular flexibility index (Phi) is 2.38. The summed E-state index contributed by atoms with van der Waals surface area (Å²) in [6.45, 7) is 2.21. The van der Waals surface area contributed by atoms with Crippen LogP contribution in [-0.4, -0.2) is 23.2 Å². The van der Waals surface area contributed by atoms with Crippen LogP contribution in [-0.2, 0) is 11.8 Å². The summed E-state index contributed by atoms with van der Waals surface area (Å²) >= 11 is 0. The molecular formula is C16H23N3O. The molecule has 6 rings (SSSR count). The molecule has 5 fully saturated rings. The Hall–Kier alpha value is -0.900. The zero-order chi connectivity index (χ0) is 13.2. The van der Waals surface area contributed by atoms with E-state index in [2.05, 4.69) is 10.5 Å². The molecule has 1 aromatic heterocycles. The summed E-state index contributed by atoms with van der Waals surface area (Å²) in [6, 6.07) is 0. The fourth-order valence-electron chi connectivity index (χ4n) is 5.68. The van der Waals surface area contributed by atoms with E-state index in [1.54, 1.807) is 0 Å². The van der Waals surface area contributed by atoms with Gasteiger partial charge in [0.15, 0.2) is 5.82 Å². The van der Waals surface area contributed by atoms with Crippen LogP contribution in [0.4, 0.5) is 0 Å². The molecule has 4 bridgehead atoms. The summed E-state index contributed by atoms with van der Waals surface area (Å²) < 4.78 is 5.57. The van der Waals surface area contributed by atoms with Gasteiger partial charge in [0.25, 0.3) is 0 Å². The Labute approximate surface area is 119 Å². The van der Waals surface area contributed by atoms with Crippen molar-refractivity contribution in [3.05, 3.63) is 11.7 Å². The summed E-state index contributed by atoms with van der Waals surface area (Å²) in [5.74, 6) is 5.47. The number of nitrogens with one attached hydrogen (secondary N) is 1. The van der Waals surface area contributed by atoms with Crippen LogP contribution in [0.3, 0.4) is 0 Å². The first-order chi connectivity index (χ1) is 9.79. The summed E-state index contributed by atoms with van der Waals surface area (Å²) in [6.07, 6.45) is 9.34. The van der Waals surface area contributed by atoms with Gasteiger partial charge in [-0.1, -0.05) is 5.16 Å². The molecule has 0 radical (unpaired) electrons. The number of aromatic nitrogens is 2. The van der Waals surface area contributed by atoms with Crippen LogP contribution in [0.25, 0.3) is 0 Å². The van der Waals surface area contributed by atoms with Crippen LogP contribution in [0.1, 0.15) is 50.2 Å². The van der Waals surface area contributed by atoms with Gasteiger partial charge in [-0.05, 0) is 75.3 Å². The van der Waals surface area contributed by atoms with E-state index in [0.717, 1.165) is 49.0 Å². The van der Waals surface area contributed by atoms with Crippen LogP contribution in [0, 0.1) is 23.7 Å². The third-order valence-electron chi connectivity index (χ3n) is 6.31. The lowest BCUT2D eigenvalue weighted by Crippen LogP contribution is -2.49. The molecule has 1 aliphatic heterocycles. The highest BCUT2D eigenvalue weighted by Crippen LogP contribution is 2.60. The molecule has 0 atom stereocenters. The quantitative estimate of drug-likeness (QED) is 0.918. The summed E-state index contributed by atoms with van der Waals surface area (Å²) in [4.78, 5) is 4.82. The second-order valence-electron chi connectivity index (χ2n) is 7.94. The Bertz CT molecular complexity index is 484. The smallest absolute Gasteiger partial charge is 0.227 e. The Morgan fingerprint density at radius 2 is 1.70 bits per heavy atom. The van der Waals surface area contributed by atoms with E-state index in [1.807, 2.05) is 0 Å². The van der Waals surface area contributed by atoms with Gasteiger partial charge in [0.2, 0.25) is 5.89 Å². The molecular weight excluding hydrogens is 250 g/mol. The van der Waals surface area contributed by atoms with Crippen molar-refractivity contribution in [2.24, 2.45) is 23.7 Å².